The number of anilines is 2. The first kappa shape index (κ1) is 13.3. The molecule has 1 heterocycles. The summed E-state index contributed by atoms with van der Waals surface area (Å²) >= 11 is 5.81. The number of carbonyl (C=O) groups is 1. The minimum Gasteiger partial charge on any atom is -0.478 e. The van der Waals surface area contributed by atoms with Gasteiger partial charge in [0.2, 0.25) is 0 Å². The third-order valence-corrected chi connectivity index (χ3v) is 2.88. The molecule has 0 unspecified atom stereocenters. The fourth-order valence-corrected chi connectivity index (χ4v) is 1.77. The Morgan fingerprint density at radius 2 is 2.16 bits per heavy atom. The van der Waals surface area contributed by atoms with E-state index in [9.17, 15) is 4.79 Å². The van der Waals surface area contributed by atoms with Crippen molar-refractivity contribution in [2.75, 3.05) is 5.32 Å². The number of halogens is 1. The van der Waals surface area contributed by atoms with E-state index < -0.39 is 5.97 Å². The molecule has 0 fully saturated rings. The summed E-state index contributed by atoms with van der Waals surface area (Å²) in [7, 11) is 0. The lowest BCUT2D eigenvalue weighted by Crippen LogP contribution is -2.01. The fourth-order valence-electron chi connectivity index (χ4n) is 1.57. The van der Waals surface area contributed by atoms with Crippen LogP contribution in [-0.4, -0.2) is 21.0 Å². The highest BCUT2D eigenvalue weighted by Crippen LogP contribution is 2.22. The number of hydrogen-bond donors (Lipinski definition) is 2. The van der Waals surface area contributed by atoms with Gasteiger partial charge in [-0.05, 0) is 24.6 Å². The summed E-state index contributed by atoms with van der Waals surface area (Å²) in [5.41, 5.74) is 1.57. The Kier molecular flexibility index (Phi) is 3.97. The van der Waals surface area contributed by atoms with Gasteiger partial charge in [-0.2, -0.15) is 0 Å². The molecule has 0 spiro atoms. The summed E-state index contributed by atoms with van der Waals surface area (Å²) in [6.45, 7) is 2.00. The van der Waals surface area contributed by atoms with Crippen LogP contribution < -0.4 is 5.32 Å². The van der Waals surface area contributed by atoms with Crippen LogP contribution in [0.1, 0.15) is 23.0 Å². The van der Waals surface area contributed by atoms with Crippen LogP contribution in [0.2, 0.25) is 5.02 Å². The molecule has 0 atom stereocenters. The van der Waals surface area contributed by atoms with E-state index in [4.69, 9.17) is 16.7 Å². The van der Waals surface area contributed by atoms with Crippen molar-refractivity contribution in [1.82, 2.24) is 9.97 Å². The normalized spacial score (nSPS) is 10.2. The largest absolute Gasteiger partial charge is 0.478 e. The van der Waals surface area contributed by atoms with E-state index in [0.29, 0.717) is 11.5 Å². The predicted octanol–water partition coefficient (Wildman–Crippen LogP) is 3.13. The topological polar surface area (TPSA) is 75.1 Å². The number of benzene rings is 1. The van der Waals surface area contributed by atoms with E-state index in [2.05, 4.69) is 15.3 Å². The molecule has 0 aliphatic rings. The van der Waals surface area contributed by atoms with Gasteiger partial charge >= 0.3 is 5.97 Å². The second-order valence-corrected chi connectivity index (χ2v) is 4.28. The second-order valence-electron chi connectivity index (χ2n) is 3.87. The van der Waals surface area contributed by atoms with Crippen molar-refractivity contribution in [3.8, 4) is 0 Å². The van der Waals surface area contributed by atoms with Crippen molar-refractivity contribution in [3.63, 3.8) is 0 Å². The minimum atomic E-state index is -1.06. The fraction of sp³-hybridized carbons (Fsp3) is 0.154. The molecule has 0 bridgehead atoms. The molecule has 0 saturated carbocycles. The van der Waals surface area contributed by atoms with E-state index in [-0.39, 0.29) is 10.6 Å². The third-order valence-electron chi connectivity index (χ3n) is 2.56. The van der Waals surface area contributed by atoms with Crippen molar-refractivity contribution in [1.29, 1.82) is 0 Å². The quantitative estimate of drug-likeness (QED) is 0.898. The van der Waals surface area contributed by atoms with E-state index in [1.54, 1.807) is 6.07 Å². The van der Waals surface area contributed by atoms with E-state index in [0.717, 1.165) is 12.1 Å². The molecule has 0 aliphatic carbocycles. The number of carboxylic acids is 1. The molecule has 0 amide bonds. The summed E-state index contributed by atoms with van der Waals surface area (Å²) in [4.78, 5) is 19.2. The zero-order valence-corrected chi connectivity index (χ0v) is 11.0. The number of carboxylic acid groups (broad SMARTS) is 1. The third kappa shape index (κ3) is 3.20. The molecule has 2 aromatic rings. The second kappa shape index (κ2) is 5.67. The maximum atomic E-state index is 11.0. The molecule has 5 nitrogen and oxygen atoms in total. The molecule has 0 radical (unpaired) electrons. The smallest absolute Gasteiger partial charge is 0.337 e. The lowest BCUT2D eigenvalue weighted by Gasteiger charge is -2.08. The van der Waals surface area contributed by atoms with Crippen molar-refractivity contribution in [2.24, 2.45) is 0 Å². The average molecular weight is 278 g/mol. The number of hydrogen-bond acceptors (Lipinski definition) is 4. The molecule has 19 heavy (non-hydrogen) atoms. The van der Waals surface area contributed by atoms with Gasteiger partial charge in [0.15, 0.2) is 0 Å². The SMILES string of the molecule is CCc1cc(Nc2ccc(Cl)c(C(=O)O)c2)ncn1. The molecule has 1 aromatic heterocycles. The Hall–Kier alpha value is -2.14. The number of aromatic carboxylic acids is 1. The van der Waals surface area contributed by atoms with Gasteiger partial charge in [-0.15, -0.1) is 0 Å². The van der Waals surface area contributed by atoms with Gasteiger partial charge < -0.3 is 10.4 Å². The van der Waals surface area contributed by atoms with Crippen LogP contribution in [0.15, 0.2) is 30.6 Å². The highest BCUT2D eigenvalue weighted by Gasteiger charge is 2.09. The average Bonchev–Trinajstić information content (AvgIpc) is 2.41. The monoisotopic (exact) mass is 277 g/mol. The molecule has 6 heteroatoms. The van der Waals surface area contributed by atoms with Gasteiger partial charge in [0.05, 0.1) is 10.6 Å². The van der Waals surface area contributed by atoms with Gasteiger partial charge in [-0.1, -0.05) is 18.5 Å². The Labute approximate surface area is 115 Å². The Bertz CT molecular complexity index is 617. The van der Waals surface area contributed by atoms with Crippen LogP contribution in [0.4, 0.5) is 11.5 Å². The van der Waals surface area contributed by atoms with Crippen molar-refractivity contribution in [2.45, 2.75) is 13.3 Å². The van der Waals surface area contributed by atoms with Crippen LogP contribution >= 0.6 is 11.6 Å². The Morgan fingerprint density at radius 3 is 2.84 bits per heavy atom. The standard InChI is InChI=1S/C13H12ClN3O2/c1-2-8-6-12(16-7-15-8)17-9-3-4-11(14)10(5-9)13(18)19/h3-7H,2H2,1H3,(H,18,19)(H,15,16,17). The first-order valence-corrected chi connectivity index (χ1v) is 6.08. The summed E-state index contributed by atoms with van der Waals surface area (Å²) < 4.78 is 0. The summed E-state index contributed by atoms with van der Waals surface area (Å²) in [6.07, 6.45) is 2.27. The van der Waals surface area contributed by atoms with Crippen LogP contribution in [0.25, 0.3) is 0 Å². The predicted molar refractivity (Wildman–Crippen MR) is 73.1 cm³/mol. The first-order chi connectivity index (χ1) is 9.10. The molecule has 1 aromatic carbocycles. The number of nitrogens with zero attached hydrogens (tertiary/aromatic N) is 2. The Balaban J connectivity index is 2.28. The summed E-state index contributed by atoms with van der Waals surface area (Å²) in [5.74, 6) is -0.448. The number of aryl methyl sites for hydroxylation is 1. The minimum absolute atomic E-state index is 0.0523. The van der Waals surface area contributed by atoms with Gasteiger partial charge in [0.1, 0.15) is 12.1 Å². The van der Waals surface area contributed by atoms with Crippen LogP contribution in [0.3, 0.4) is 0 Å². The van der Waals surface area contributed by atoms with Crippen molar-refractivity contribution >= 4 is 29.1 Å². The molecule has 2 N–H and O–H groups in total. The van der Waals surface area contributed by atoms with E-state index >= 15 is 0 Å². The number of nitrogens with one attached hydrogen (secondary N) is 1. The highest BCUT2D eigenvalue weighted by molar-refractivity contribution is 6.33. The molecular formula is C13H12ClN3O2. The number of aromatic nitrogens is 2. The van der Waals surface area contributed by atoms with Gasteiger partial charge in [0, 0.05) is 17.4 Å². The maximum absolute atomic E-state index is 11.0. The van der Waals surface area contributed by atoms with Gasteiger partial charge in [-0.3, -0.25) is 0 Å². The Morgan fingerprint density at radius 1 is 1.37 bits per heavy atom. The first-order valence-electron chi connectivity index (χ1n) is 5.71. The molecule has 0 saturated heterocycles. The molecule has 0 aliphatic heterocycles. The highest BCUT2D eigenvalue weighted by atomic mass is 35.5. The van der Waals surface area contributed by atoms with Crippen LogP contribution in [-0.2, 0) is 6.42 Å². The number of rotatable bonds is 4. The van der Waals surface area contributed by atoms with E-state index in [1.807, 2.05) is 13.0 Å². The van der Waals surface area contributed by atoms with Crippen molar-refractivity contribution < 1.29 is 9.90 Å². The molecule has 98 valence electrons. The lowest BCUT2D eigenvalue weighted by atomic mass is 10.2. The molecular weight excluding hydrogens is 266 g/mol. The summed E-state index contributed by atoms with van der Waals surface area (Å²) in [6, 6.07) is 6.52. The van der Waals surface area contributed by atoms with Crippen LogP contribution in [0.5, 0.6) is 0 Å². The maximum Gasteiger partial charge on any atom is 0.337 e. The lowest BCUT2D eigenvalue weighted by molar-refractivity contribution is 0.0697. The summed E-state index contributed by atoms with van der Waals surface area (Å²) in [5, 5.41) is 12.2. The zero-order valence-electron chi connectivity index (χ0n) is 10.2. The van der Waals surface area contributed by atoms with Gasteiger partial charge in [0.25, 0.3) is 0 Å². The van der Waals surface area contributed by atoms with Crippen LogP contribution in [0, 0.1) is 0 Å². The van der Waals surface area contributed by atoms with Gasteiger partial charge in [-0.25, -0.2) is 14.8 Å². The zero-order chi connectivity index (χ0) is 13.8. The van der Waals surface area contributed by atoms with E-state index in [1.165, 1.54) is 18.5 Å². The van der Waals surface area contributed by atoms with Crippen molar-refractivity contribution in [3.05, 3.63) is 46.9 Å². The molecule has 2 rings (SSSR count).